The summed E-state index contributed by atoms with van der Waals surface area (Å²) in [6.07, 6.45) is 4.46. The second-order valence-electron chi connectivity index (χ2n) is 7.50. The van der Waals surface area contributed by atoms with Crippen molar-refractivity contribution in [3.63, 3.8) is 0 Å². The molecule has 2 aromatic carbocycles. The molecule has 4 heteroatoms. The number of ether oxygens (including phenoxy) is 1. The summed E-state index contributed by atoms with van der Waals surface area (Å²) in [5.74, 6) is 1.12. The molecule has 1 aromatic heterocycles. The van der Waals surface area contributed by atoms with Crippen LogP contribution in [0.25, 0.3) is 22.0 Å². The molecule has 0 spiro atoms. The second kappa shape index (κ2) is 8.01. The van der Waals surface area contributed by atoms with Crippen molar-refractivity contribution in [3.05, 3.63) is 60.3 Å². The fraction of sp³-hybridized carbons (Fsp3) is 0.333. The molecule has 144 valence electrons. The van der Waals surface area contributed by atoms with Crippen molar-refractivity contribution in [1.82, 2.24) is 9.88 Å². The molecule has 0 atom stereocenters. The van der Waals surface area contributed by atoms with Gasteiger partial charge < -0.3 is 9.64 Å². The average molecular weight is 374 g/mol. The first-order valence-electron chi connectivity index (χ1n) is 10.0. The Balaban J connectivity index is 1.42. The van der Waals surface area contributed by atoms with E-state index < -0.39 is 0 Å². The summed E-state index contributed by atoms with van der Waals surface area (Å²) >= 11 is 0. The summed E-state index contributed by atoms with van der Waals surface area (Å²) in [5.41, 5.74) is 4.49. The molecule has 4 rings (SSSR count). The van der Waals surface area contributed by atoms with Crippen LogP contribution in [-0.2, 0) is 4.79 Å². The van der Waals surface area contributed by atoms with E-state index in [1.54, 1.807) is 0 Å². The van der Waals surface area contributed by atoms with E-state index in [-0.39, 0.29) is 12.0 Å². The maximum atomic E-state index is 11.8. The summed E-state index contributed by atoms with van der Waals surface area (Å²) < 4.78 is 6.14. The van der Waals surface area contributed by atoms with Gasteiger partial charge in [-0.25, -0.2) is 0 Å². The van der Waals surface area contributed by atoms with E-state index in [4.69, 9.17) is 4.74 Å². The molecule has 1 aliphatic rings. The van der Waals surface area contributed by atoms with Crippen LogP contribution in [0, 0.1) is 6.92 Å². The fourth-order valence-electron chi connectivity index (χ4n) is 3.77. The lowest BCUT2D eigenvalue weighted by Gasteiger charge is -2.32. The molecule has 0 bridgehead atoms. The smallest absolute Gasteiger partial charge is 0.222 e. The number of likely N-dealkylation sites (tertiary alicyclic amines) is 1. The fourth-order valence-corrected chi connectivity index (χ4v) is 3.77. The normalized spacial score (nSPS) is 15.0. The third kappa shape index (κ3) is 4.01. The van der Waals surface area contributed by atoms with Crippen molar-refractivity contribution in [3.8, 4) is 16.9 Å². The van der Waals surface area contributed by atoms with Crippen LogP contribution in [0.4, 0.5) is 0 Å². The SMILES string of the molecule is CCC(=O)N1CCC(Oc2ccc(-c3cnc4ccc(C)cc4c3)cc2)CC1. The van der Waals surface area contributed by atoms with Gasteiger partial charge in [-0.05, 0) is 42.8 Å². The molecule has 4 nitrogen and oxygen atoms in total. The van der Waals surface area contributed by atoms with Crippen molar-refractivity contribution in [1.29, 1.82) is 0 Å². The number of fused-ring (bicyclic) bond motifs is 1. The number of amides is 1. The maximum absolute atomic E-state index is 11.8. The van der Waals surface area contributed by atoms with E-state index >= 15 is 0 Å². The van der Waals surface area contributed by atoms with E-state index in [0.717, 1.165) is 53.7 Å². The second-order valence-corrected chi connectivity index (χ2v) is 7.50. The number of aryl methyl sites for hydroxylation is 1. The summed E-state index contributed by atoms with van der Waals surface area (Å²) in [6.45, 7) is 5.59. The van der Waals surface area contributed by atoms with E-state index in [1.165, 1.54) is 5.56 Å². The highest BCUT2D eigenvalue weighted by Gasteiger charge is 2.22. The van der Waals surface area contributed by atoms with Gasteiger partial charge in [-0.3, -0.25) is 9.78 Å². The number of hydrogen-bond acceptors (Lipinski definition) is 3. The molecule has 1 fully saturated rings. The lowest BCUT2D eigenvalue weighted by Crippen LogP contribution is -2.41. The molecule has 0 saturated carbocycles. The molecule has 0 N–H and O–H groups in total. The van der Waals surface area contributed by atoms with Crippen molar-refractivity contribution < 1.29 is 9.53 Å². The number of rotatable bonds is 4. The minimum absolute atomic E-state index is 0.178. The number of hydrogen-bond donors (Lipinski definition) is 0. The van der Waals surface area contributed by atoms with Gasteiger partial charge in [0.2, 0.25) is 5.91 Å². The van der Waals surface area contributed by atoms with E-state index in [2.05, 4.69) is 48.3 Å². The number of pyridine rings is 1. The first kappa shape index (κ1) is 18.5. The number of piperidine rings is 1. The number of aromatic nitrogens is 1. The highest BCUT2D eigenvalue weighted by molar-refractivity contribution is 5.84. The third-order valence-corrected chi connectivity index (χ3v) is 5.42. The molecular formula is C24H26N2O2. The van der Waals surface area contributed by atoms with Crippen LogP contribution in [0.15, 0.2) is 54.7 Å². The van der Waals surface area contributed by atoms with Gasteiger partial charge in [0.1, 0.15) is 11.9 Å². The Morgan fingerprint density at radius 1 is 1.07 bits per heavy atom. The topological polar surface area (TPSA) is 42.4 Å². The zero-order chi connectivity index (χ0) is 19.5. The van der Waals surface area contributed by atoms with Gasteiger partial charge in [-0.1, -0.05) is 30.7 Å². The molecule has 1 saturated heterocycles. The van der Waals surface area contributed by atoms with Crippen LogP contribution < -0.4 is 4.74 Å². The molecule has 0 unspecified atom stereocenters. The Labute approximate surface area is 166 Å². The minimum atomic E-state index is 0.178. The Morgan fingerprint density at radius 3 is 2.54 bits per heavy atom. The first-order chi connectivity index (χ1) is 13.6. The molecule has 2 heterocycles. The molecule has 1 aliphatic heterocycles. The van der Waals surface area contributed by atoms with Crippen LogP contribution in [0.1, 0.15) is 31.7 Å². The van der Waals surface area contributed by atoms with Crippen LogP contribution >= 0.6 is 0 Å². The minimum Gasteiger partial charge on any atom is -0.490 e. The predicted octanol–water partition coefficient (Wildman–Crippen LogP) is 4.99. The average Bonchev–Trinajstić information content (AvgIpc) is 2.73. The Morgan fingerprint density at radius 2 is 1.82 bits per heavy atom. The highest BCUT2D eigenvalue weighted by atomic mass is 16.5. The van der Waals surface area contributed by atoms with Gasteiger partial charge in [-0.15, -0.1) is 0 Å². The number of nitrogens with zero attached hydrogens (tertiary/aromatic N) is 2. The molecular weight excluding hydrogens is 348 g/mol. The Hall–Kier alpha value is -2.88. The van der Waals surface area contributed by atoms with Gasteiger partial charge >= 0.3 is 0 Å². The monoisotopic (exact) mass is 374 g/mol. The van der Waals surface area contributed by atoms with Gasteiger partial charge in [-0.2, -0.15) is 0 Å². The van der Waals surface area contributed by atoms with Crippen molar-refractivity contribution >= 4 is 16.8 Å². The molecule has 28 heavy (non-hydrogen) atoms. The van der Waals surface area contributed by atoms with E-state index in [9.17, 15) is 4.79 Å². The lowest BCUT2D eigenvalue weighted by atomic mass is 10.0. The Bertz CT molecular complexity index is 974. The van der Waals surface area contributed by atoms with Crippen molar-refractivity contribution in [2.75, 3.05) is 13.1 Å². The predicted molar refractivity (Wildman–Crippen MR) is 112 cm³/mol. The summed E-state index contributed by atoms with van der Waals surface area (Å²) in [5, 5.41) is 1.16. The molecule has 0 radical (unpaired) electrons. The molecule has 1 amide bonds. The van der Waals surface area contributed by atoms with Crippen molar-refractivity contribution in [2.24, 2.45) is 0 Å². The number of carbonyl (C=O) groups excluding carboxylic acids is 1. The maximum Gasteiger partial charge on any atom is 0.222 e. The summed E-state index contributed by atoms with van der Waals surface area (Å²) in [4.78, 5) is 18.3. The standard InChI is InChI=1S/C24H26N2O2/c1-3-24(27)26-12-10-22(11-13-26)28-21-7-5-18(6-8-21)20-15-19-14-17(2)4-9-23(19)25-16-20/h4-9,14-16,22H,3,10-13H2,1-2H3. The largest absolute Gasteiger partial charge is 0.490 e. The summed E-state index contributed by atoms with van der Waals surface area (Å²) in [6, 6.07) is 16.7. The first-order valence-corrected chi connectivity index (χ1v) is 10.0. The van der Waals surface area contributed by atoms with E-state index in [1.807, 2.05) is 30.2 Å². The van der Waals surface area contributed by atoms with Crippen molar-refractivity contribution in [2.45, 2.75) is 39.2 Å². The number of carbonyl (C=O) groups is 1. The van der Waals surface area contributed by atoms with Crippen LogP contribution in [0.5, 0.6) is 5.75 Å². The highest BCUT2D eigenvalue weighted by Crippen LogP contribution is 2.26. The van der Waals surface area contributed by atoms with E-state index in [0.29, 0.717) is 6.42 Å². The zero-order valence-corrected chi connectivity index (χ0v) is 16.5. The molecule has 3 aromatic rings. The number of benzene rings is 2. The van der Waals surface area contributed by atoms with Crippen LogP contribution in [0.3, 0.4) is 0 Å². The third-order valence-electron chi connectivity index (χ3n) is 5.42. The summed E-state index contributed by atoms with van der Waals surface area (Å²) in [7, 11) is 0. The molecule has 0 aliphatic carbocycles. The van der Waals surface area contributed by atoms with Gasteiger partial charge in [0.25, 0.3) is 0 Å². The zero-order valence-electron chi connectivity index (χ0n) is 16.5. The van der Waals surface area contributed by atoms with Gasteiger partial charge in [0, 0.05) is 49.5 Å². The quantitative estimate of drug-likeness (QED) is 0.646. The van der Waals surface area contributed by atoms with Gasteiger partial charge in [0.05, 0.1) is 5.52 Å². The lowest BCUT2D eigenvalue weighted by molar-refractivity contribution is -0.132. The van der Waals surface area contributed by atoms with Crippen LogP contribution in [0.2, 0.25) is 0 Å². The van der Waals surface area contributed by atoms with Gasteiger partial charge in [0.15, 0.2) is 0 Å². The Kier molecular flexibility index (Phi) is 5.29. The van der Waals surface area contributed by atoms with Crippen LogP contribution in [-0.4, -0.2) is 35.0 Å².